The molecule has 2 aromatic carbocycles. The molecule has 0 aliphatic carbocycles. The number of fused-ring (bicyclic) bond motifs is 1. The minimum Gasteiger partial charge on any atom is -0.497 e. The number of likely N-dealkylation sites (N-methyl/N-ethyl adjacent to an activating group) is 1. The smallest absolute Gasteiger partial charge is 0.280 e. The summed E-state index contributed by atoms with van der Waals surface area (Å²) in [5.74, 6) is 1.54. The molecule has 9 nitrogen and oxygen atoms in total. The van der Waals surface area contributed by atoms with Crippen LogP contribution in [0.15, 0.2) is 42.5 Å². The van der Waals surface area contributed by atoms with Gasteiger partial charge < -0.3 is 19.5 Å². The van der Waals surface area contributed by atoms with E-state index in [1.54, 1.807) is 37.4 Å². The Morgan fingerprint density at radius 1 is 1.23 bits per heavy atom. The lowest BCUT2D eigenvalue weighted by atomic mass is 9.99. The number of ether oxygens (including phenoxy) is 3. The third-order valence-corrected chi connectivity index (χ3v) is 6.87. The van der Waals surface area contributed by atoms with Crippen LogP contribution in [0.1, 0.15) is 23.6 Å². The van der Waals surface area contributed by atoms with Crippen molar-refractivity contribution in [2.75, 3.05) is 21.0 Å². The van der Waals surface area contributed by atoms with Gasteiger partial charge in [0, 0.05) is 13.6 Å². The van der Waals surface area contributed by atoms with E-state index in [-0.39, 0.29) is 25.7 Å². The molecule has 0 radical (unpaired) electrons. The van der Waals surface area contributed by atoms with Crippen LogP contribution in [0.2, 0.25) is 0 Å². The van der Waals surface area contributed by atoms with E-state index in [4.69, 9.17) is 14.2 Å². The van der Waals surface area contributed by atoms with E-state index in [2.05, 4.69) is 10.0 Å². The number of benzene rings is 2. The number of amides is 1. The lowest BCUT2D eigenvalue weighted by Crippen LogP contribution is -2.57. The second-order valence-electron chi connectivity index (χ2n) is 7.13. The van der Waals surface area contributed by atoms with Crippen LogP contribution >= 0.6 is 0 Å². The molecule has 2 aliphatic heterocycles. The highest BCUT2D eigenvalue weighted by atomic mass is 32.2. The standard InChI is InChI=1S/C20H23N3O6S/c1-23-17(20(24)21-11-13-6-7-18-19(8-13)29-12-28-18)10-16(22-30(23,25)26)14-4-3-5-15(9-14)27-2/h3-9,16-17,22H,10-12H2,1-2H3,(H,21,24)/t16-,17+/m0/s1. The van der Waals surface area contributed by atoms with Crippen LogP contribution in [-0.2, 0) is 21.5 Å². The number of nitrogens with one attached hydrogen (secondary N) is 2. The fourth-order valence-electron chi connectivity index (χ4n) is 3.54. The van der Waals surface area contributed by atoms with Gasteiger partial charge in [-0.25, -0.2) is 0 Å². The van der Waals surface area contributed by atoms with Gasteiger partial charge in [0.2, 0.25) is 12.7 Å². The van der Waals surface area contributed by atoms with Gasteiger partial charge in [-0.05, 0) is 41.8 Å². The average molecular weight is 433 g/mol. The number of hydrogen-bond acceptors (Lipinski definition) is 6. The number of methoxy groups -OCH3 is 1. The van der Waals surface area contributed by atoms with Gasteiger partial charge in [-0.2, -0.15) is 17.4 Å². The van der Waals surface area contributed by atoms with E-state index in [0.717, 1.165) is 15.4 Å². The predicted octanol–water partition coefficient (Wildman–Crippen LogP) is 1.32. The molecule has 0 unspecified atom stereocenters. The highest BCUT2D eigenvalue weighted by molar-refractivity contribution is 7.87. The first-order valence-corrected chi connectivity index (χ1v) is 10.9. The summed E-state index contributed by atoms with van der Waals surface area (Å²) in [7, 11) is -0.875. The number of rotatable bonds is 5. The summed E-state index contributed by atoms with van der Waals surface area (Å²) in [6, 6.07) is 11.2. The van der Waals surface area contributed by atoms with Gasteiger partial charge in [0.25, 0.3) is 10.2 Å². The molecule has 2 heterocycles. The van der Waals surface area contributed by atoms with Crippen LogP contribution in [0.5, 0.6) is 17.2 Å². The number of nitrogens with zero attached hydrogens (tertiary/aromatic N) is 1. The van der Waals surface area contributed by atoms with Gasteiger partial charge in [-0.1, -0.05) is 18.2 Å². The molecule has 30 heavy (non-hydrogen) atoms. The summed E-state index contributed by atoms with van der Waals surface area (Å²) in [6.45, 7) is 0.422. The SMILES string of the molecule is COc1cccc([C@@H]2C[C@H](C(=O)NCc3ccc4c(c3)OCO4)N(C)S(=O)(=O)N2)c1. The average Bonchev–Trinajstić information content (AvgIpc) is 3.21. The molecule has 1 fully saturated rings. The van der Waals surface area contributed by atoms with Gasteiger partial charge in [-0.3, -0.25) is 4.79 Å². The van der Waals surface area contributed by atoms with Crippen LogP contribution in [0, 0.1) is 0 Å². The molecular formula is C20H23N3O6S. The largest absolute Gasteiger partial charge is 0.497 e. The fraction of sp³-hybridized carbons (Fsp3) is 0.350. The monoisotopic (exact) mass is 433 g/mol. The van der Waals surface area contributed by atoms with Crippen molar-refractivity contribution in [3.05, 3.63) is 53.6 Å². The summed E-state index contributed by atoms with van der Waals surface area (Å²) in [4.78, 5) is 12.9. The molecule has 1 saturated heterocycles. The number of hydrogen-bond donors (Lipinski definition) is 2. The second-order valence-corrected chi connectivity index (χ2v) is 8.89. The van der Waals surface area contributed by atoms with Crippen LogP contribution in [0.25, 0.3) is 0 Å². The van der Waals surface area contributed by atoms with Crippen molar-refractivity contribution in [2.45, 2.75) is 25.0 Å². The van der Waals surface area contributed by atoms with E-state index in [9.17, 15) is 13.2 Å². The van der Waals surface area contributed by atoms with Crippen molar-refractivity contribution >= 4 is 16.1 Å². The van der Waals surface area contributed by atoms with Gasteiger partial charge in [0.15, 0.2) is 11.5 Å². The van der Waals surface area contributed by atoms with Gasteiger partial charge >= 0.3 is 0 Å². The molecule has 2 atom stereocenters. The molecule has 2 aromatic rings. The zero-order chi connectivity index (χ0) is 21.3. The van der Waals surface area contributed by atoms with Crippen molar-refractivity contribution < 1.29 is 27.4 Å². The van der Waals surface area contributed by atoms with E-state index in [1.165, 1.54) is 7.05 Å². The van der Waals surface area contributed by atoms with Crippen molar-refractivity contribution in [3.63, 3.8) is 0 Å². The molecule has 2 aliphatic rings. The van der Waals surface area contributed by atoms with Crippen LogP contribution < -0.4 is 24.2 Å². The molecule has 4 rings (SSSR count). The Kier molecular flexibility index (Phi) is 5.54. The van der Waals surface area contributed by atoms with E-state index in [0.29, 0.717) is 17.2 Å². The quantitative estimate of drug-likeness (QED) is 0.737. The van der Waals surface area contributed by atoms with E-state index < -0.39 is 22.3 Å². The summed E-state index contributed by atoms with van der Waals surface area (Å²) < 4.78 is 44.8. The van der Waals surface area contributed by atoms with Gasteiger partial charge in [0.1, 0.15) is 11.8 Å². The van der Waals surface area contributed by atoms with Crippen LogP contribution in [0.4, 0.5) is 0 Å². The fourth-order valence-corrected chi connectivity index (χ4v) is 4.82. The van der Waals surface area contributed by atoms with Crippen molar-refractivity contribution in [3.8, 4) is 17.2 Å². The molecule has 2 N–H and O–H groups in total. The Labute approximate surface area is 175 Å². The van der Waals surface area contributed by atoms with E-state index in [1.807, 2.05) is 12.1 Å². The maximum atomic E-state index is 12.9. The molecule has 0 bridgehead atoms. The Morgan fingerprint density at radius 3 is 2.83 bits per heavy atom. The predicted molar refractivity (Wildman–Crippen MR) is 108 cm³/mol. The minimum absolute atomic E-state index is 0.175. The topological polar surface area (TPSA) is 106 Å². The van der Waals surface area contributed by atoms with Gasteiger partial charge in [-0.15, -0.1) is 0 Å². The third-order valence-electron chi connectivity index (χ3n) is 5.27. The Morgan fingerprint density at radius 2 is 2.03 bits per heavy atom. The van der Waals surface area contributed by atoms with Crippen molar-refractivity contribution in [2.24, 2.45) is 0 Å². The minimum atomic E-state index is -3.82. The second kappa shape index (κ2) is 8.13. The lowest BCUT2D eigenvalue weighted by molar-refractivity contribution is -0.125. The molecule has 160 valence electrons. The van der Waals surface area contributed by atoms with Crippen molar-refractivity contribution in [1.82, 2.24) is 14.3 Å². The Bertz CT molecular complexity index is 1060. The first kappa shape index (κ1) is 20.5. The summed E-state index contributed by atoms with van der Waals surface area (Å²) >= 11 is 0. The third kappa shape index (κ3) is 4.07. The zero-order valence-electron chi connectivity index (χ0n) is 16.6. The lowest BCUT2D eigenvalue weighted by Gasteiger charge is -2.36. The maximum absolute atomic E-state index is 12.9. The Hall–Kier alpha value is -2.82. The van der Waals surface area contributed by atoms with Gasteiger partial charge in [0.05, 0.1) is 13.2 Å². The first-order valence-electron chi connectivity index (χ1n) is 9.43. The molecule has 0 saturated carbocycles. The summed E-state index contributed by atoms with van der Waals surface area (Å²) in [6.07, 6.45) is 0.288. The maximum Gasteiger partial charge on any atom is 0.280 e. The molecule has 0 aromatic heterocycles. The highest BCUT2D eigenvalue weighted by Crippen LogP contribution is 2.33. The Balaban J connectivity index is 1.48. The molecule has 1 amide bonds. The van der Waals surface area contributed by atoms with E-state index >= 15 is 0 Å². The number of carbonyl (C=O) groups is 1. The first-order chi connectivity index (χ1) is 14.4. The van der Waals surface area contributed by atoms with Crippen LogP contribution in [-0.4, -0.2) is 45.6 Å². The van der Waals surface area contributed by atoms with Crippen molar-refractivity contribution in [1.29, 1.82) is 0 Å². The van der Waals surface area contributed by atoms with Crippen LogP contribution in [0.3, 0.4) is 0 Å². The molecule has 10 heteroatoms. The number of carbonyl (C=O) groups excluding carboxylic acids is 1. The molecule has 0 spiro atoms. The summed E-state index contributed by atoms with van der Waals surface area (Å²) in [5, 5.41) is 2.83. The normalized spacial score (nSPS) is 22.5. The zero-order valence-corrected chi connectivity index (χ0v) is 17.4. The highest BCUT2D eigenvalue weighted by Gasteiger charge is 2.40. The molecular weight excluding hydrogens is 410 g/mol. The summed E-state index contributed by atoms with van der Waals surface area (Å²) in [5.41, 5.74) is 1.57.